The molecule has 9 heavy (non-hydrogen) atoms. The van der Waals surface area contributed by atoms with Crippen LogP contribution in [-0.2, 0) is 9.47 Å². The predicted molar refractivity (Wildman–Crippen MR) is 35.3 cm³/mol. The first kappa shape index (κ1) is 7.32. The molecule has 0 bridgehead atoms. The molecule has 2 nitrogen and oxygen atoms in total. The molecule has 1 aliphatic rings. The Morgan fingerprint density at radius 3 is 2.56 bits per heavy atom. The summed E-state index contributed by atoms with van der Waals surface area (Å²) in [5.41, 5.74) is 0. The zero-order valence-corrected chi connectivity index (χ0v) is 6.39. The van der Waals surface area contributed by atoms with Gasteiger partial charge in [-0.3, -0.25) is 0 Å². The number of rotatable bonds is 0. The third-order valence-electron chi connectivity index (χ3n) is 1.61. The summed E-state index contributed by atoms with van der Waals surface area (Å²) in [5.74, 6) is -0.0730. The van der Waals surface area contributed by atoms with Gasteiger partial charge in [0.2, 0.25) is 5.75 Å². The molecule has 1 heterocycles. The first-order valence-electron chi connectivity index (χ1n) is 3.11. The van der Waals surface area contributed by atoms with Crippen LogP contribution >= 0.6 is 11.6 Å². The lowest BCUT2D eigenvalue weighted by molar-refractivity contribution is -0.186. The van der Waals surface area contributed by atoms with Gasteiger partial charge in [-0.2, -0.15) is 0 Å². The highest BCUT2D eigenvalue weighted by molar-refractivity contribution is 6.18. The van der Waals surface area contributed by atoms with Crippen LogP contribution in [0.4, 0.5) is 0 Å². The molecule has 0 aromatic rings. The Hall–Kier alpha value is 0.210. The van der Waals surface area contributed by atoms with Gasteiger partial charge in [-0.05, 0) is 6.92 Å². The van der Waals surface area contributed by atoms with E-state index in [-0.39, 0.29) is 6.10 Å². The van der Waals surface area contributed by atoms with Gasteiger partial charge < -0.3 is 9.47 Å². The van der Waals surface area contributed by atoms with Crippen molar-refractivity contribution in [1.29, 1.82) is 0 Å². The zero-order valence-electron chi connectivity index (χ0n) is 5.63. The van der Waals surface area contributed by atoms with Crippen molar-refractivity contribution in [3.63, 3.8) is 0 Å². The molecule has 1 fully saturated rings. The maximum Gasteiger partial charge on any atom is 0.237 e. The van der Waals surface area contributed by atoms with Crippen LogP contribution in [0.25, 0.3) is 0 Å². The molecule has 1 saturated heterocycles. The molecule has 0 saturated carbocycles. The molecule has 1 aliphatic heterocycles. The fourth-order valence-electron chi connectivity index (χ4n) is 0.705. The zero-order chi connectivity index (χ0) is 6.85. The van der Waals surface area contributed by atoms with Gasteiger partial charge in [0.15, 0.2) is 0 Å². The fourth-order valence-corrected chi connectivity index (χ4v) is 0.940. The van der Waals surface area contributed by atoms with Crippen LogP contribution in [0, 0.1) is 5.92 Å². The molecular weight excluding hydrogens is 140 g/mol. The third-order valence-corrected chi connectivity index (χ3v) is 1.84. The molecule has 1 rings (SSSR count). The van der Waals surface area contributed by atoms with Gasteiger partial charge in [0.25, 0.3) is 0 Å². The molecule has 0 aliphatic carbocycles. The number of hydrogen-bond acceptors (Lipinski definition) is 2. The van der Waals surface area contributed by atoms with E-state index in [4.69, 9.17) is 21.1 Å². The highest BCUT2D eigenvalue weighted by atomic mass is 35.5. The number of ether oxygens (including phenoxy) is 2. The lowest BCUT2D eigenvalue weighted by Gasteiger charge is -2.29. The van der Waals surface area contributed by atoms with E-state index < -0.39 is 5.75 Å². The minimum atomic E-state index is -0.531. The van der Waals surface area contributed by atoms with Crippen molar-refractivity contribution in [3.8, 4) is 0 Å². The standard InChI is InChI=1S/C6H11ClO2/c1-4-3-8-6(7)9-5(4)2/h4-6H,3H2,1-2H3. The lowest BCUT2D eigenvalue weighted by Crippen LogP contribution is -2.33. The summed E-state index contributed by atoms with van der Waals surface area (Å²) in [4.78, 5) is 0. The average molecular weight is 151 g/mol. The third kappa shape index (κ3) is 1.81. The summed E-state index contributed by atoms with van der Waals surface area (Å²) in [6.45, 7) is 4.78. The normalized spacial score (nSPS) is 45.0. The fraction of sp³-hybridized carbons (Fsp3) is 1.00. The van der Waals surface area contributed by atoms with Crippen molar-refractivity contribution < 1.29 is 9.47 Å². The first-order valence-corrected chi connectivity index (χ1v) is 3.55. The van der Waals surface area contributed by atoms with E-state index in [1.54, 1.807) is 0 Å². The quantitative estimate of drug-likeness (QED) is 0.488. The van der Waals surface area contributed by atoms with E-state index in [1.165, 1.54) is 0 Å². The lowest BCUT2D eigenvalue weighted by atomic mass is 10.1. The molecule has 0 spiro atoms. The summed E-state index contributed by atoms with van der Waals surface area (Å²) in [7, 11) is 0. The van der Waals surface area contributed by atoms with E-state index in [9.17, 15) is 0 Å². The summed E-state index contributed by atoms with van der Waals surface area (Å²) in [5, 5.41) is 0. The van der Waals surface area contributed by atoms with Gasteiger partial charge in [0.1, 0.15) is 0 Å². The molecule has 3 unspecified atom stereocenters. The minimum absolute atomic E-state index is 0.223. The van der Waals surface area contributed by atoms with Crippen molar-refractivity contribution in [2.75, 3.05) is 6.61 Å². The topological polar surface area (TPSA) is 18.5 Å². The molecule has 3 heteroatoms. The second-order valence-electron chi connectivity index (χ2n) is 2.43. The smallest absolute Gasteiger partial charge is 0.237 e. The van der Waals surface area contributed by atoms with Crippen LogP contribution in [0.1, 0.15) is 13.8 Å². The average Bonchev–Trinajstić information content (AvgIpc) is 1.80. The molecular formula is C6H11ClO2. The maximum absolute atomic E-state index is 5.53. The summed E-state index contributed by atoms with van der Waals surface area (Å²) in [6.07, 6.45) is 0.223. The Balaban J connectivity index is 2.35. The van der Waals surface area contributed by atoms with Crippen LogP contribution in [-0.4, -0.2) is 18.5 Å². The Kier molecular flexibility index (Phi) is 2.33. The second-order valence-corrected chi connectivity index (χ2v) is 2.78. The molecule has 0 aromatic heterocycles. The van der Waals surface area contributed by atoms with E-state index in [2.05, 4.69) is 6.92 Å². The van der Waals surface area contributed by atoms with E-state index in [0.29, 0.717) is 12.5 Å². The highest BCUT2D eigenvalue weighted by Gasteiger charge is 2.23. The SMILES string of the molecule is CC1COC(Cl)OC1C. The van der Waals surface area contributed by atoms with Crippen molar-refractivity contribution in [2.24, 2.45) is 5.92 Å². The maximum atomic E-state index is 5.53. The van der Waals surface area contributed by atoms with Crippen molar-refractivity contribution >= 4 is 11.6 Å². The Morgan fingerprint density at radius 2 is 2.11 bits per heavy atom. The summed E-state index contributed by atoms with van der Waals surface area (Å²) < 4.78 is 10.1. The molecule has 0 radical (unpaired) electrons. The van der Waals surface area contributed by atoms with Gasteiger partial charge >= 0.3 is 0 Å². The Labute approximate surface area is 60.1 Å². The van der Waals surface area contributed by atoms with Crippen molar-refractivity contribution in [3.05, 3.63) is 0 Å². The van der Waals surface area contributed by atoms with Gasteiger partial charge in [-0.1, -0.05) is 18.5 Å². The minimum Gasteiger partial charge on any atom is -0.339 e. The largest absolute Gasteiger partial charge is 0.339 e. The molecule has 3 atom stereocenters. The van der Waals surface area contributed by atoms with Gasteiger partial charge in [-0.25, -0.2) is 0 Å². The van der Waals surface area contributed by atoms with Crippen LogP contribution in [0.5, 0.6) is 0 Å². The van der Waals surface area contributed by atoms with Gasteiger partial charge in [0, 0.05) is 5.92 Å². The van der Waals surface area contributed by atoms with Crippen molar-refractivity contribution in [1.82, 2.24) is 0 Å². The molecule has 54 valence electrons. The second kappa shape index (κ2) is 2.86. The first-order chi connectivity index (χ1) is 4.20. The van der Waals surface area contributed by atoms with Gasteiger partial charge in [0.05, 0.1) is 12.7 Å². The van der Waals surface area contributed by atoms with Gasteiger partial charge in [-0.15, -0.1) is 0 Å². The number of alkyl halides is 1. The molecule has 0 N–H and O–H groups in total. The monoisotopic (exact) mass is 150 g/mol. The Bertz CT molecular complexity index is 97.1. The van der Waals surface area contributed by atoms with Crippen molar-refractivity contribution in [2.45, 2.75) is 25.7 Å². The number of hydrogen-bond donors (Lipinski definition) is 0. The van der Waals surface area contributed by atoms with E-state index in [0.717, 1.165) is 0 Å². The van der Waals surface area contributed by atoms with Crippen LogP contribution in [0.3, 0.4) is 0 Å². The van der Waals surface area contributed by atoms with Crippen LogP contribution < -0.4 is 0 Å². The van der Waals surface area contributed by atoms with E-state index >= 15 is 0 Å². The summed E-state index contributed by atoms with van der Waals surface area (Å²) >= 11 is 5.53. The van der Waals surface area contributed by atoms with E-state index in [1.807, 2.05) is 6.92 Å². The number of halogens is 1. The molecule has 0 amide bonds. The van der Waals surface area contributed by atoms with Crippen LogP contribution in [0.15, 0.2) is 0 Å². The van der Waals surface area contributed by atoms with Crippen LogP contribution in [0.2, 0.25) is 0 Å². The highest BCUT2D eigenvalue weighted by Crippen LogP contribution is 2.19. The molecule has 0 aromatic carbocycles. The Morgan fingerprint density at radius 1 is 1.44 bits per heavy atom. The predicted octanol–water partition coefficient (Wildman–Crippen LogP) is 1.58. The summed E-state index contributed by atoms with van der Waals surface area (Å²) in [6, 6.07) is 0.